The minimum atomic E-state index is -0.671. The van der Waals surface area contributed by atoms with Gasteiger partial charge in [-0.05, 0) is 44.0 Å². The molecule has 2 N–H and O–H groups in total. The lowest BCUT2D eigenvalue weighted by Gasteiger charge is -2.22. The average Bonchev–Trinajstić information content (AvgIpc) is 2.28. The van der Waals surface area contributed by atoms with E-state index < -0.39 is 5.54 Å². The zero-order chi connectivity index (χ0) is 13.8. The summed E-state index contributed by atoms with van der Waals surface area (Å²) >= 11 is 0. The molecule has 0 fully saturated rings. The molecule has 1 rings (SSSR count). The molecule has 1 aromatic carbocycles. The molecule has 0 aromatic heterocycles. The predicted molar refractivity (Wildman–Crippen MR) is 69.4 cm³/mol. The zero-order valence-electron chi connectivity index (χ0n) is 10.8. The smallest absolute Gasteiger partial charge is 0.244 e. The molecule has 4 heteroatoms. The van der Waals surface area contributed by atoms with Crippen molar-refractivity contribution in [3.63, 3.8) is 0 Å². The predicted octanol–water partition coefficient (Wildman–Crippen LogP) is 2.12. The van der Waals surface area contributed by atoms with Crippen LogP contribution in [0.4, 0.5) is 4.39 Å². The number of nitrogens with one attached hydrogen (secondary N) is 1. The largest absolute Gasteiger partial charge is 0.394 e. The van der Waals surface area contributed by atoms with Crippen LogP contribution in [0.5, 0.6) is 0 Å². The molecule has 0 radical (unpaired) electrons. The minimum absolute atomic E-state index is 0.147. The van der Waals surface area contributed by atoms with Crippen LogP contribution in [0.25, 0.3) is 5.57 Å². The Balaban J connectivity index is 2.81. The van der Waals surface area contributed by atoms with E-state index in [9.17, 15) is 9.18 Å². The van der Waals surface area contributed by atoms with Gasteiger partial charge in [0.2, 0.25) is 5.91 Å². The van der Waals surface area contributed by atoms with E-state index in [0.717, 1.165) is 0 Å². The second-order valence-corrected chi connectivity index (χ2v) is 4.87. The van der Waals surface area contributed by atoms with Crippen LogP contribution in [0.15, 0.2) is 30.3 Å². The monoisotopic (exact) mass is 251 g/mol. The number of allylic oxidation sites excluding steroid dienone is 1. The first-order chi connectivity index (χ1) is 8.34. The number of benzene rings is 1. The van der Waals surface area contributed by atoms with Crippen LogP contribution < -0.4 is 5.32 Å². The first-order valence-electron chi connectivity index (χ1n) is 5.71. The maximum atomic E-state index is 13.0. The van der Waals surface area contributed by atoms with Crippen molar-refractivity contribution in [2.24, 2.45) is 0 Å². The molecule has 0 aliphatic heterocycles. The van der Waals surface area contributed by atoms with E-state index >= 15 is 0 Å². The van der Waals surface area contributed by atoms with E-state index in [-0.39, 0.29) is 18.3 Å². The fourth-order valence-corrected chi connectivity index (χ4v) is 1.42. The molecule has 1 aromatic rings. The summed E-state index contributed by atoms with van der Waals surface area (Å²) in [4.78, 5) is 11.7. The van der Waals surface area contributed by atoms with E-state index in [4.69, 9.17) is 5.11 Å². The fourth-order valence-electron chi connectivity index (χ4n) is 1.42. The summed E-state index contributed by atoms with van der Waals surface area (Å²) in [5.41, 5.74) is 0.656. The second-order valence-electron chi connectivity index (χ2n) is 4.87. The molecule has 0 atom stereocenters. The molecule has 18 heavy (non-hydrogen) atoms. The van der Waals surface area contributed by atoms with Crippen molar-refractivity contribution in [2.75, 3.05) is 6.61 Å². The zero-order valence-corrected chi connectivity index (χ0v) is 10.8. The van der Waals surface area contributed by atoms with Crippen molar-refractivity contribution < 1.29 is 14.3 Å². The maximum absolute atomic E-state index is 13.0. The van der Waals surface area contributed by atoms with Gasteiger partial charge in [0, 0.05) is 6.08 Å². The van der Waals surface area contributed by atoms with Crippen LogP contribution in [0, 0.1) is 5.82 Å². The van der Waals surface area contributed by atoms with Crippen molar-refractivity contribution in [3.8, 4) is 0 Å². The van der Waals surface area contributed by atoms with Crippen LogP contribution in [0.2, 0.25) is 0 Å². The normalized spacial score (nSPS) is 12.4. The van der Waals surface area contributed by atoms with Gasteiger partial charge in [0.1, 0.15) is 5.82 Å². The Labute approximate surface area is 106 Å². The Morgan fingerprint density at radius 1 is 1.50 bits per heavy atom. The minimum Gasteiger partial charge on any atom is -0.394 e. The van der Waals surface area contributed by atoms with Gasteiger partial charge >= 0.3 is 0 Å². The molecule has 0 saturated carbocycles. The molecule has 98 valence electrons. The van der Waals surface area contributed by atoms with Gasteiger partial charge in [-0.1, -0.05) is 12.1 Å². The first-order valence-corrected chi connectivity index (χ1v) is 5.71. The number of carbonyl (C=O) groups excluding carboxylic acids is 1. The van der Waals surface area contributed by atoms with Gasteiger partial charge in [0.25, 0.3) is 0 Å². The standard InChI is InChI=1S/C14H18FNO2/c1-10(11-5-4-6-12(15)8-11)7-13(18)16-14(2,3)9-17/h4-8,17H,9H2,1-3H3,(H,16,18)/b10-7-. The Hall–Kier alpha value is -1.68. The summed E-state index contributed by atoms with van der Waals surface area (Å²) in [6.45, 7) is 5.03. The Bertz CT molecular complexity index is 467. The quantitative estimate of drug-likeness (QED) is 0.805. The first kappa shape index (κ1) is 14.4. The van der Waals surface area contributed by atoms with Gasteiger partial charge in [0.15, 0.2) is 0 Å². The number of halogens is 1. The van der Waals surface area contributed by atoms with Crippen molar-refractivity contribution in [1.29, 1.82) is 0 Å². The van der Waals surface area contributed by atoms with Gasteiger partial charge < -0.3 is 10.4 Å². The van der Waals surface area contributed by atoms with Crippen molar-refractivity contribution >= 4 is 11.5 Å². The summed E-state index contributed by atoms with van der Waals surface area (Å²) in [5, 5.41) is 11.7. The number of rotatable bonds is 4. The number of carbonyl (C=O) groups is 1. The van der Waals surface area contributed by atoms with Crippen LogP contribution in [-0.2, 0) is 4.79 Å². The Morgan fingerprint density at radius 2 is 2.17 bits per heavy atom. The summed E-state index contributed by atoms with van der Waals surface area (Å²) in [7, 11) is 0. The molecular weight excluding hydrogens is 233 g/mol. The van der Waals surface area contributed by atoms with Gasteiger partial charge in [0.05, 0.1) is 12.1 Å². The highest BCUT2D eigenvalue weighted by molar-refractivity contribution is 5.95. The Morgan fingerprint density at radius 3 is 2.72 bits per heavy atom. The van der Waals surface area contributed by atoms with Gasteiger partial charge in [-0.15, -0.1) is 0 Å². The number of aliphatic hydroxyl groups is 1. The summed E-state index contributed by atoms with van der Waals surface area (Å²) < 4.78 is 13.0. The van der Waals surface area contributed by atoms with E-state index in [1.54, 1.807) is 32.9 Å². The van der Waals surface area contributed by atoms with Crippen molar-refractivity contribution in [1.82, 2.24) is 5.32 Å². The number of hydrogen-bond donors (Lipinski definition) is 2. The number of aliphatic hydroxyl groups excluding tert-OH is 1. The van der Waals surface area contributed by atoms with Crippen LogP contribution >= 0.6 is 0 Å². The lowest BCUT2D eigenvalue weighted by Crippen LogP contribution is -2.45. The summed E-state index contributed by atoms with van der Waals surface area (Å²) in [5.74, 6) is -0.646. The van der Waals surface area contributed by atoms with Gasteiger partial charge in [-0.3, -0.25) is 4.79 Å². The number of amides is 1. The van der Waals surface area contributed by atoms with Crippen LogP contribution in [0.3, 0.4) is 0 Å². The van der Waals surface area contributed by atoms with Crippen LogP contribution in [-0.4, -0.2) is 23.2 Å². The van der Waals surface area contributed by atoms with Gasteiger partial charge in [-0.25, -0.2) is 4.39 Å². The molecule has 0 bridgehead atoms. The fraction of sp³-hybridized carbons (Fsp3) is 0.357. The van der Waals surface area contributed by atoms with E-state index in [1.165, 1.54) is 18.2 Å². The molecule has 0 aliphatic carbocycles. The van der Waals surface area contributed by atoms with E-state index in [2.05, 4.69) is 5.32 Å². The maximum Gasteiger partial charge on any atom is 0.244 e. The SMILES string of the molecule is C/C(=C/C(=O)NC(C)(C)CO)c1cccc(F)c1. The second kappa shape index (κ2) is 5.78. The molecule has 0 saturated heterocycles. The highest BCUT2D eigenvalue weighted by Gasteiger charge is 2.17. The topological polar surface area (TPSA) is 49.3 Å². The third-order valence-electron chi connectivity index (χ3n) is 2.48. The molecule has 0 heterocycles. The highest BCUT2D eigenvalue weighted by Crippen LogP contribution is 2.14. The summed E-state index contributed by atoms with van der Waals surface area (Å²) in [6, 6.07) is 6.05. The van der Waals surface area contributed by atoms with Crippen molar-refractivity contribution in [2.45, 2.75) is 26.3 Å². The summed E-state index contributed by atoms with van der Waals surface area (Å²) in [6.07, 6.45) is 1.40. The molecule has 0 aliphatic rings. The average molecular weight is 251 g/mol. The molecular formula is C14H18FNO2. The Kier molecular flexibility index (Phi) is 4.62. The lowest BCUT2D eigenvalue weighted by molar-refractivity contribution is -0.118. The van der Waals surface area contributed by atoms with Crippen LogP contribution in [0.1, 0.15) is 26.3 Å². The third kappa shape index (κ3) is 4.30. The molecule has 1 amide bonds. The highest BCUT2D eigenvalue weighted by atomic mass is 19.1. The molecule has 3 nitrogen and oxygen atoms in total. The van der Waals surface area contributed by atoms with Crippen molar-refractivity contribution in [3.05, 3.63) is 41.7 Å². The number of hydrogen-bond acceptors (Lipinski definition) is 2. The molecule has 0 unspecified atom stereocenters. The van der Waals surface area contributed by atoms with E-state index in [0.29, 0.717) is 11.1 Å². The third-order valence-corrected chi connectivity index (χ3v) is 2.48. The molecule has 0 spiro atoms. The lowest BCUT2D eigenvalue weighted by atomic mass is 10.1. The van der Waals surface area contributed by atoms with Gasteiger partial charge in [-0.2, -0.15) is 0 Å². The van der Waals surface area contributed by atoms with E-state index in [1.807, 2.05) is 0 Å².